The maximum absolute atomic E-state index is 14.1. The number of rotatable bonds is 6. The van der Waals surface area contributed by atoms with Crippen LogP contribution in [0.3, 0.4) is 0 Å². The smallest absolute Gasteiger partial charge is 0.216 e. The van der Waals surface area contributed by atoms with Crippen molar-refractivity contribution in [3.63, 3.8) is 0 Å². The minimum absolute atomic E-state index is 0.266. The molecule has 5 heteroatoms. The van der Waals surface area contributed by atoms with E-state index < -0.39 is 11.5 Å². The Kier molecular flexibility index (Phi) is 5.44. The van der Waals surface area contributed by atoms with Gasteiger partial charge in [-0.2, -0.15) is 0 Å². The van der Waals surface area contributed by atoms with Crippen molar-refractivity contribution in [1.82, 2.24) is 4.98 Å². The Morgan fingerprint density at radius 3 is 2.63 bits per heavy atom. The molecule has 3 aromatic rings. The van der Waals surface area contributed by atoms with Crippen LogP contribution in [-0.2, 0) is 6.42 Å². The molecule has 0 aliphatic rings. The van der Waals surface area contributed by atoms with E-state index >= 15 is 0 Å². The van der Waals surface area contributed by atoms with Gasteiger partial charge in [-0.1, -0.05) is 44.2 Å². The summed E-state index contributed by atoms with van der Waals surface area (Å²) in [5, 5.41) is 20.7. The van der Waals surface area contributed by atoms with Gasteiger partial charge in [-0.25, -0.2) is 9.37 Å². The molecule has 1 heterocycles. The topological polar surface area (TPSA) is 62.6 Å². The third-order valence-electron chi connectivity index (χ3n) is 4.98. The highest BCUT2D eigenvalue weighted by atomic mass is 19.1. The standard InChI is InChI=1S/C22H24FNO3/c1-22(2,20(26)13-25)12-16-9-10-19(24-21(16)27-3)15-8-7-14-5-4-6-18(23)17(14)11-15/h4-11,20,25-26H,12-13H2,1-3H3. The fourth-order valence-corrected chi connectivity index (χ4v) is 3.19. The highest BCUT2D eigenvalue weighted by Gasteiger charge is 2.29. The maximum Gasteiger partial charge on any atom is 0.216 e. The van der Waals surface area contributed by atoms with E-state index in [0.717, 1.165) is 16.5 Å². The number of benzene rings is 2. The van der Waals surface area contributed by atoms with E-state index in [2.05, 4.69) is 4.98 Å². The highest BCUT2D eigenvalue weighted by Crippen LogP contribution is 2.32. The Hall–Kier alpha value is -2.50. The predicted molar refractivity (Wildman–Crippen MR) is 104 cm³/mol. The van der Waals surface area contributed by atoms with E-state index in [1.165, 1.54) is 6.07 Å². The minimum atomic E-state index is -0.842. The van der Waals surface area contributed by atoms with Crippen LogP contribution in [0.1, 0.15) is 19.4 Å². The average molecular weight is 369 g/mol. The minimum Gasteiger partial charge on any atom is -0.481 e. The Bertz CT molecular complexity index is 955. The first-order chi connectivity index (χ1) is 12.9. The van der Waals surface area contributed by atoms with Crippen LogP contribution in [0.25, 0.3) is 22.0 Å². The van der Waals surface area contributed by atoms with E-state index in [1.54, 1.807) is 19.2 Å². The number of pyridine rings is 1. The molecule has 0 amide bonds. The summed E-state index contributed by atoms with van der Waals surface area (Å²) in [6.07, 6.45) is -0.345. The number of aromatic nitrogens is 1. The van der Waals surface area contributed by atoms with Gasteiger partial charge in [-0.05, 0) is 35.4 Å². The van der Waals surface area contributed by atoms with Crippen molar-refractivity contribution in [2.75, 3.05) is 13.7 Å². The normalized spacial score (nSPS) is 13.0. The number of nitrogens with zero attached hydrogens (tertiary/aromatic N) is 1. The lowest BCUT2D eigenvalue weighted by molar-refractivity contribution is 0.00351. The van der Waals surface area contributed by atoms with Gasteiger partial charge in [0.1, 0.15) is 5.82 Å². The van der Waals surface area contributed by atoms with Crippen LogP contribution in [-0.4, -0.2) is 35.0 Å². The number of aliphatic hydroxyl groups is 2. The maximum atomic E-state index is 14.1. The molecular weight excluding hydrogens is 345 g/mol. The van der Waals surface area contributed by atoms with Crippen LogP contribution < -0.4 is 4.74 Å². The fourth-order valence-electron chi connectivity index (χ4n) is 3.19. The van der Waals surface area contributed by atoms with Crippen LogP contribution in [0.4, 0.5) is 4.39 Å². The molecule has 27 heavy (non-hydrogen) atoms. The number of hydrogen-bond acceptors (Lipinski definition) is 4. The average Bonchev–Trinajstić information content (AvgIpc) is 2.67. The van der Waals surface area contributed by atoms with Crippen molar-refractivity contribution in [2.24, 2.45) is 5.41 Å². The Balaban J connectivity index is 1.98. The van der Waals surface area contributed by atoms with Crippen molar-refractivity contribution in [1.29, 1.82) is 0 Å². The summed E-state index contributed by atoms with van der Waals surface area (Å²) < 4.78 is 19.5. The molecule has 0 aliphatic carbocycles. The van der Waals surface area contributed by atoms with Gasteiger partial charge >= 0.3 is 0 Å². The molecule has 0 spiro atoms. The molecule has 0 saturated heterocycles. The quantitative estimate of drug-likeness (QED) is 0.690. The zero-order valence-corrected chi connectivity index (χ0v) is 15.7. The predicted octanol–water partition coefficient (Wildman–Crippen LogP) is 3.97. The largest absolute Gasteiger partial charge is 0.481 e. The van der Waals surface area contributed by atoms with Crippen molar-refractivity contribution in [3.05, 3.63) is 59.9 Å². The van der Waals surface area contributed by atoms with E-state index in [4.69, 9.17) is 4.74 Å². The lowest BCUT2D eigenvalue weighted by atomic mass is 9.81. The van der Waals surface area contributed by atoms with Crippen LogP contribution in [0.5, 0.6) is 5.88 Å². The summed E-state index contributed by atoms with van der Waals surface area (Å²) in [5.41, 5.74) is 1.79. The first kappa shape index (κ1) is 19.3. The molecule has 3 rings (SSSR count). The zero-order valence-electron chi connectivity index (χ0n) is 15.7. The van der Waals surface area contributed by atoms with E-state index in [-0.39, 0.29) is 12.4 Å². The molecule has 2 aromatic carbocycles. The van der Waals surface area contributed by atoms with Gasteiger partial charge in [-0.3, -0.25) is 0 Å². The first-order valence-corrected chi connectivity index (χ1v) is 8.87. The number of aliphatic hydroxyl groups excluding tert-OH is 2. The van der Waals surface area contributed by atoms with E-state index in [0.29, 0.717) is 23.4 Å². The Morgan fingerprint density at radius 2 is 1.93 bits per heavy atom. The van der Waals surface area contributed by atoms with Gasteiger partial charge in [0.2, 0.25) is 5.88 Å². The number of halogens is 1. The molecule has 4 nitrogen and oxygen atoms in total. The van der Waals surface area contributed by atoms with Crippen LogP contribution in [0.15, 0.2) is 48.5 Å². The summed E-state index contributed by atoms with van der Waals surface area (Å²) in [4.78, 5) is 4.58. The molecule has 1 unspecified atom stereocenters. The van der Waals surface area contributed by atoms with Gasteiger partial charge in [0.25, 0.3) is 0 Å². The number of methoxy groups -OCH3 is 1. The zero-order chi connectivity index (χ0) is 19.6. The second-order valence-corrected chi connectivity index (χ2v) is 7.40. The Labute approximate surface area is 158 Å². The van der Waals surface area contributed by atoms with E-state index in [9.17, 15) is 14.6 Å². The summed E-state index contributed by atoms with van der Waals surface area (Å²) >= 11 is 0. The molecule has 0 bridgehead atoms. The van der Waals surface area contributed by atoms with Crippen LogP contribution in [0.2, 0.25) is 0 Å². The molecule has 0 radical (unpaired) electrons. The van der Waals surface area contributed by atoms with Crippen molar-refractivity contribution >= 4 is 10.8 Å². The number of hydrogen-bond donors (Lipinski definition) is 2. The molecule has 1 aromatic heterocycles. The second kappa shape index (κ2) is 7.62. The molecule has 2 N–H and O–H groups in total. The molecule has 1 atom stereocenters. The highest BCUT2D eigenvalue weighted by molar-refractivity contribution is 5.87. The van der Waals surface area contributed by atoms with Gasteiger partial charge in [0.15, 0.2) is 0 Å². The molecule has 0 saturated carbocycles. The van der Waals surface area contributed by atoms with Crippen molar-refractivity contribution in [3.8, 4) is 17.1 Å². The lowest BCUT2D eigenvalue weighted by Gasteiger charge is -2.29. The monoisotopic (exact) mass is 369 g/mol. The van der Waals surface area contributed by atoms with Gasteiger partial charge in [0.05, 0.1) is 25.5 Å². The van der Waals surface area contributed by atoms with E-state index in [1.807, 2.05) is 44.2 Å². The second-order valence-electron chi connectivity index (χ2n) is 7.40. The molecular formula is C22H24FNO3. The summed E-state index contributed by atoms with van der Waals surface area (Å²) in [7, 11) is 1.55. The first-order valence-electron chi connectivity index (χ1n) is 8.87. The fraction of sp³-hybridized carbons (Fsp3) is 0.318. The molecule has 0 aliphatic heterocycles. The van der Waals surface area contributed by atoms with Gasteiger partial charge in [-0.15, -0.1) is 0 Å². The van der Waals surface area contributed by atoms with Crippen LogP contribution >= 0.6 is 0 Å². The number of ether oxygens (including phenoxy) is 1. The molecule has 142 valence electrons. The summed E-state index contributed by atoms with van der Waals surface area (Å²) in [6, 6.07) is 14.3. The summed E-state index contributed by atoms with van der Waals surface area (Å²) in [5.74, 6) is 0.192. The third kappa shape index (κ3) is 3.94. The molecule has 0 fully saturated rings. The van der Waals surface area contributed by atoms with Gasteiger partial charge in [0, 0.05) is 16.5 Å². The lowest BCUT2D eigenvalue weighted by Crippen LogP contribution is -2.34. The SMILES string of the molecule is COc1nc(-c2ccc3cccc(F)c3c2)ccc1CC(C)(C)C(O)CO. The Morgan fingerprint density at radius 1 is 1.15 bits per heavy atom. The van der Waals surface area contributed by atoms with Crippen molar-refractivity contribution in [2.45, 2.75) is 26.4 Å². The van der Waals surface area contributed by atoms with Crippen molar-refractivity contribution < 1.29 is 19.3 Å². The third-order valence-corrected chi connectivity index (χ3v) is 4.98. The van der Waals surface area contributed by atoms with Gasteiger partial charge < -0.3 is 14.9 Å². The van der Waals surface area contributed by atoms with Crippen LogP contribution in [0, 0.1) is 11.2 Å². The number of fused-ring (bicyclic) bond motifs is 1. The summed E-state index contributed by atoms with van der Waals surface area (Å²) in [6.45, 7) is 3.46.